The van der Waals surface area contributed by atoms with Crippen molar-refractivity contribution < 1.29 is 0 Å². The first-order valence-electron chi connectivity index (χ1n) is 5.05. The molecule has 0 aliphatic carbocycles. The van der Waals surface area contributed by atoms with Gasteiger partial charge in [0, 0.05) is 12.2 Å². The zero-order valence-electron chi connectivity index (χ0n) is 9.35. The number of hydrogen-bond donors (Lipinski definition) is 1. The molecule has 0 saturated carbocycles. The van der Waals surface area contributed by atoms with Crippen LogP contribution in [0, 0.1) is 13.8 Å². The van der Waals surface area contributed by atoms with Crippen molar-refractivity contribution in [2.45, 2.75) is 27.2 Å². The maximum Gasteiger partial charge on any atom is 0.0343 e. The average molecular weight is 189 g/mol. The minimum absolute atomic E-state index is 0.970. The third kappa shape index (κ3) is 3.25. The molecule has 0 aliphatic heterocycles. The van der Waals surface area contributed by atoms with Gasteiger partial charge in [-0.15, -0.1) is 6.58 Å². The maximum absolute atomic E-state index is 3.88. The second kappa shape index (κ2) is 4.85. The fraction of sp³-hybridized carbons (Fsp3) is 0.385. The molecule has 14 heavy (non-hydrogen) atoms. The molecule has 0 atom stereocenters. The molecule has 0 fully saturated rings. The Kier molecular flexibility index (Phi) is 3.75. The minimum Gasteiger partial charge on any atom is -0.385 e. The van der Waals surface area contributed by atoms with Crippen molar-refractivity contribution in [1.29, 1.82) is 0 Å². The van der Waals surface area contributed by atoms with Crippen molar-refractivity contribution in [2.24, 2.45) is 0 Å². The van der Waals surface area contributed by atoms with Crippen molar-refractivity contribution >= 4 is 5.69 Å². The zero-order valence-corrected chi connectivity index (χ0v) is 9.35. The normalized spacial score (nSPS) is 9.93. The van der Waals surface area contributed by atoms with Gasteiger partial charge in [0.15, 0.2) is 0 Å². The van der Waals surface area contributed by atoms with Gasteiger partial charge in [-0.3, -0.25) is 0 Å². The SMILES string of the molecule is C=C(C)CCNc1ccc(C)c(C)c1. The largest absolute Gasteiger partial charge is 0.385 e. The third-order valence-electron chi connectivity index (χ3n) is 2.39. The van der Waals surface area contributed by atoms with E-state index in [1.807, 2.05) is 0 Å². The molecule has 0 saturated heterocycles. The Labute approximate surface area is 86.8 Å². The second-order valence-corrected chi connectivity index (χ2v) is 3.93. The van der Waals surface area contributed by atoms with Gasteiger partial charge < -0.3 is 5.32 Å². The molecule has 0 radical (unpaired) electrons. The standard InChI is InChI=1S/C13H19N/c1-10(2)7-8-14-13-6-5-11(3)12(4)9-13/h5-6,9,14H,1,7-8H2,2-4H3. The molecule has 1 heteroatoms. The van der Waals surface area contributed by atoms with Gasteiger partial charge in [0.1, 0.15) is 0 Å². The Morgan fingerprint density at radius 2 is 2.00 bits per heavy atom. The van der Waals surface area contributed by atoms with Crippen LogP contribution >= 0.6 is 0 Å². The first kappa shape index (κ1) is 10.8. The molecule has 76 valence electrons. The first-order chi connectivity index (χ1) is 6.59. The van der Waals surface area contributed by atoms with Crippen LogP contribution in [0.25, 0.3) is 0 Å². The highest BCUT2D eigenvalue weighted by Crippen LogP contribution is 2.14. The van der Waals surface area contributed by atoms with Crippen molar-refractivity contribution in [1.82, 2.24) is 0 Å². The molecular weight excluding hydrogens is 170 g/mol. The van der Waals surface area contributed by atoms with Crippen molar-refractivity contribution in [3.63, 3.8) is 0 Å². The molecule has 0 spiro atoms. The summed E-state index contributed by atoms with van der Waals surface area (Å²) in [5.41, 5.74) is 5.11. The maximum atomic E-state index is 3.88. The van der Waals surface area contributed by atoms with Crippen LogP contribution in [0.1, 0.15) is 24.5 Å². The molecule has 0 heterocycles. The fourth-order valence-electron chi connectivity index (χ4n) is 1.27. The highest BCUT2D eigenvalue weighted by atomic mass is 14.9. The van der Waals surface area contributed by atoms with Crippen LogP contribution in [0.5, 0.6) is 0 Å². The summed E-state index contributed by atoms with van der Waals surface area (Å²) in [4.78, 5) is 0. The molecule has 1 nitrogen and oxygen atoms in total. The number of benzene rings is 1. The van der Waals surface area contributed by atoms with Crippen molar-refractivity contribution in [2.75, 3.05) is 11.9 Å². The molecule has 1 aromatic carbocycles. The zero-order chi connectivity index (χ0) is 10.6. The third-order valence-corrected chi connectivity index (χ3v) is 2.39. The first-order valence-corrected chi connectivity index (χ1v) is 5.05. The molecule has 1 rings (SSSR count). The van der Waals surface area contributed by atoms with Crippen LogP contribution in [0.4, 0.5) is 5.69 Å². The number of rotatable bonds is 4. The lowest BCUT2D eigenvalue weighted by molar-refractivity contribution is 1.00. The van der Waals surface area contributed by atoms with E-state index in [4.69, 9.17) is 0 Å². The molecule has 1 aromatic rings. The summed E-state index contributed by atoms with van der Waals surface area (Å²) in [6, 6.07) is 6.47. The lowest BCUT2D eigenvalue weighted by Gasteiger charge is -2.08. The van der Waals surface area contributed by atoms with Gasteiger partial charge >= 0.3 is 0 Å². The van der Waals surface area contributed by atoms with Crippen LogP contribution in [0.3, 0.4) is 0 Å². The molecule has 0 bridgehead atoms. The number of nitrogens with one attached hydrogen (secondary N) is 1. The van der Waals surface area contributed by atoms with Crippen LogP contribution in [0.15, 0.2) is 30.4 Å². The Bertz CT molecular complexity index is 326. The predicted octanol–water partition coefficient (Wildman–Crippen LogP) is 3.68. The smallest absolute Gasteiger partial charge is 0.0343 e. The molecule has 0 unspecified atom stereocenters. The van der Waals surface area contributed by atoms with E-state index in [1.165, 1.54) is 22.4 Å². The summed E-state index contributed by atoms with van der Waals surface area (Å²) in [6.07, 6.45) is 1.03. The van der Waals surface area contributed by atoms with Gasteiger partial charge in [-0.25, -0.2) is 0 Å². The van der Waals surface area contributed by atoms with Crippen LogP contribution in [-0.2, 0) is 0 Å². The minimum atomic E-state index is 0.970. The number of anilines is 1. The van der Waals surface area contributed by atoms with Crippen molar-refractivity contribution in [3.05, 3.63) is 41.5 Å². The average Bonchev–Trinajstić information content (AvgIpc) is 2.10. The highest BCUT2D eigenvalue weighted by molar-refractivity contribution is 5.48. The summed E-state index contributed by atoms with van der Waals surface area (Å²) in [5.74, 6) is 0. The van der Waals surface area contributed by atoms with E-state index >= 15 is 0 Å². The van der Waals surface area contributed by atoms with E-state index < -0.39 is 0 Å². The fourth-order valence-corrected chi connectivity index (χ4v) is 1.27. The monoisotopic (exact) mass is 189 g/mol. The van der Waals surface area contributed by atoms with Gasteiger partial charge in [-0.05, 0) is 50.5 Å². The van der Waals surface area contributed by atoms with Gasteiger partial charge in [0.05, 0.1) is 0 Å². The van der Waals surface area contributed by atoms with E-state index in [9.17, 15) is 0 Å². The van der Waals surface area contributed by atoms with Crippen LogP contribution < -0.4 is 5.32 Å². The van der Waals surface area contributed by atoms with Gasteiger partial charge in [-0.2, -0.15) is 0 Å². The summed E-state index contributed by atoms with van der Waals surface area (Å²) >= 11 is 0. The topological polar surface area (TPSA) is 12.0 Å². The Hall–Kier alpha value is -1.24. The van der Waals surface area contributed by atoms with E-state index in [0.29, 0.717) is 0 Å². The predicted molar refractivity (Wildman–Crippen MR) is 63.8 cm³/mol. The van der Waals surface area contributed by atoms with Gasteiger partial charge in [0.2, 0.25) is 0 Å². The van der Waals surface area contributed by atoms with Gasteiger partial charge in [-0.1, -0.05) is 11.6 Å². The van der Waals surface area contributed by atoms with Crippen LogP contribution in [-0.4, -0.2) is 6.54 Å². The molecule has 1 N–H and O–H groups in total. The Balaban J connectivity index is 2.51. The summed E-state index contributed by atoms with van der Waals surface area (Å²) in [5, 5.41) is 3.38. The highest BCUT2D eigenvalue weighted by Gasteiger charge is 1.95. The summed E-state index contributed by atoms with van der Waals surface area (Å²) in [7, 11) is 0. The molecule has 0 aromatic heterocycles. The van der Waals surface area contributed by atoms with E-state index in [0.717, 1.165) is 13.0 Å². The molecule has 0 amide bonds. The Morgan fingerprint density at radius 3 is 2.57 bits per heavy atom. The number of hydrogen-bond acceptors (Lipinski definition) is 1. The molecular formula is C13H19N. The van der Waals surface area contributed by atoms with E-state index in [-0.39, 0.29) is 0 Å². The van der Waals surface area contributed by atoms with E-state index in [2.05, 4.69) is 50.9 Å². The Morgan fingerprint density at radius 1 is 1.29 bits per heavy atom. The van der Waals surface area contributed by atoms with Crippen molar-refractivity contribution in [3.8, 4) is 0 Å². The summed E-state index contributed by atoms with van der Waals surface area (Å²) < 4.78 is 0. The second-order valence-electron chi connectivity index (χ2n) is 3.93. The number of aryl methyl sites for hydroxylation is 2. The lowest BCUT2D eigenvalue weighted by Crippen LogP contribution is -2.01. The van der Waals surface area contributed by atoms with Gasteiger partial charge in [0.25, 0.3) is 0 Å². The summed E-state index contributed by atoms with van der Waals surface area (Å²) in [6.45, 7) is 11.2. The van der Waals surface area contributed by atoms with E-state index in [1.54, 1.807) is 0 Å². The quantitative estimate of drug-likeness (QED) is 0.712. The van der Waals surface area contributed by atoms with Crippen LogP contribution in [0.2, 0.25) is 0 Å². The molecule has 0 aliphatic rings. The lowest BCUT2D eigenvalue weighted by atomic mass is 10.1.